The molecule has 0 aliphatic rings. The average Bonchev–Trinajstić information content (AvgIpc) is 3.29. The summed E-state index contributed by atoms with van der Waals surface area (Å²) in [4.78, 5) is 19.8. The molecule has 0 atom stereocenters. The van der Waals surface area contributed by atoms with E-state index in [0.29, 0.717) is 6.61 Å². The lowest BCUT2D eigenvalue weighted by Crippen LogP contribution is -2.36. The zero-order chi connectivity index (χ0) is 18.7. The Morgan fingerprint density at radius 3 is 2.50 bits per heavy atom. The van der Waals surface area contributed by atoms with E-state index in [0.717, 1.165) is 22.1 Å². The highest BCUT2D eigenvalue weighted by atomic mass is 32.1. The first-order chi connectivity index (χ1) is 12.3. The second-order valence-corrected chi connectivity index (χ2v) is 8.82. The minimum atomic E-state index is -0.408. The molecule has 136 valence electrons. The minimum absolute atomic E-state index is 0.0785. The maximum absolute atomic E-state index is 12.3. The largest absolute Gasteiger partial charge is 0.487 e. The van der Waals surface area contributed by atoms with Crippen molar-refractivity contribution >= 4 is 34.3 Å². The Balaban J connectivity index is 1.60. The van der Waals surface area contributed by atoms with Crippen LogP contribution >= 0.6 is 22.7 Å². The highest BCUT2D eigenvalue weighted by molar-refractivity contribution is 7.20. The quantitative estimate of drug-likeness (QED) is 0.585. The van der Waals surface area contributed by atoms with Gasteiger partial charge >= 0.3 is 0 Å². The average molecular weight is 387 g/mol. The van der Waals surface area contributed by atoms with E-state index in [9.17, 15) is 4.79 Å². The number of anilines is 1. The number of ether oxygens (including phenoxy) is 1. The molecule has 0 saturated heterocycles. The molecule has 4 nitrogen and oxygen atoms in total. The van der Waals surface area contributed by atoms with Gasteiger partial charge in [-0.1, -0.05) is 26.8 Å². The Labute approximate surface area is 162 Å². The summed E-state index contributed by atoms with van der Waals surface area (Å²) in [7, 11) is 1.80. The molecule has 26 heavy (non-hydrogen) atoms. The van der Waals surface area contributed by atoms with Gasteiger partial charge in [0.1, 0.15) is 17.4 Å². The molecule has 0 fully saturated rings. The highest BCUT2D eigenvalue weighted by Gasteiger charge is 2.25. The van der Waals surface area contributed by atoms with Crippen LogP contribution in [-0.4, -0.2) is 17.9 Å². The number of thiazole rings is 1. The van der Waals surface area contributed by atoms with Gasteiger partial charge in [-0.05, 0) is 35.7 Å². The van der Waals surface area contributed by atoms with Gasteiger partial charge < -0.3 is 9.64 Å². The first-order valence-electron chi connectivity index (χ1n) is 8.34. The summed E-state index contributed by atoms with van der Waals surface area (Å²) in [6, 6.07) is 11.7. The van der Waals surface area contributed by atoms with Crippen molar-refractivity contribution in [2.75, 3.05) is 11.9 Å². The smallest absolute Gasteiger partial charge is 0.232 e. The van der Waals surface area contributed by atoms with E-state index < -0.39 is 5.41 Å². The summed E-state index contributed by atoms with van der Waals surface area (Å²) >= 11 is 3.32. The maximum Gasteiger partial charge on any atom is 0.232 e. The molecule has 1 aromatic carbocycles. The van der Waals surface area contributed by atoms with Gasteiger partial charge in [0.2, 0.25) is 5.91 Å². The molecule has 0 radical (unpaired) electrons. The van der Waals surface area contributed by atoms with Gasteiger partial charge in [-0.15, -0.1) is 22.7 Å². The van der Waals surface area contributed by atoms with Gasteiger partial charge in [0.05, 0.1) is 10.6 Å². The van der Waals surface area contributed by atoms with Crippen LogP contribution in [0, 0.1) is 5.41 Å². The number of aromatic nitrogens is 1. The number of thiophene rings is 1. The SMILES string of the molecule is CN(C(=O)C(C)(C)C)c1ccc(OCc2csc(-c3cccs3)n2)cc1. The van der Waals surface area contributed by atoms with Gasteiger partial charge in [-0.25, -0.2) is 4.98 Å². The van der Waals surface area contributed by atoms with Crippen LogP contribution in [0.5, 0.6) is 5.75 Å². The van der Waals surface area contributed by atoms with Crippen LogP contribution < -0.4 is 9.64 Å². The van der Waals surface area contributed by atoms with Gasteiger partial charge in [-0.3, -0.25) is 4.79 Å². The van der Waals surface area contributed by atoms with Crippen LogP contribution in [0.2, 0.25) is 0 Å². The Morgan fingerprint density at radius 2 is 1.88 bits per heavy atom. The van der Waals surface area contributed by atoms with Crippen molar-refractivity contribution in [3.8, 4) is 15.6 Å². The second kappa shape index (κ2) is 7.60. The summed E-state index contributed by atoms with van der Waals surface area (Å²) in [6.07, 6.45) is 0. The lowest BCUT2D eigenvalue weighted by Gasteiger charge is -2.26. The van der Waals surface area contributed by atoms with Crippen molar-refractivity contribution in [3.63, 3.8) is 0 Å². The molecule has 0 aliphatic heterocycles. The number of rotatable bonds is 5. The van der Waals surface area contributed by atoms with Crippen LogP contribution in [0.15, 0.2) is 47.2 Å². The van der Waals surface area contributed by atoms with Crippen molar-refractivity contribution in [1.82, 2.24) is 4.98 Å². The molecule has 0 spiro atoms. The molecule has 6 heteroatoms. The van der Waals surface area contributed by atoms with E-state index in [-0.39, 0.29) is 5.91 Å². The number of amides is 1. The van der Waals surface area contributed by atoms with Crippen LogP contribution in [-0.2, 0) is 11.4 Å². The van der Waals surface area contributed by atoms with Crippen LogP contribution in [0.3, 0.4) is 0 Å². The number of nitrogens with zero attached hydrogens (tertiary/aromatic N) is 2. The van der Waals surface area contributed by atoms with Crippen LogP contribution in [0.25, 0.3) is 9.88 Å². The molecule has 3 rings (SSSR count). The van der Waals surface area contributed by atoms with Gasteiger partial charge in [0.25, 0.3) is 0 Å². The topological polar surface area (TPSA) is 42.4 Å². The van der Waals surface area contributed by atoms with Crippen molar-refractivity contribution in [2.24, 2.45) is 5.41 Å². The second-order valence-electron chi connectivity index (χ2n) is 7.02. The molecule has 0 unspecified atom stereocenters. The van der Waals surface area contributed by atoms with Crippen LogP contribution in [0.4, 0.5) is 5.69 Å². The Bertz CT molecular complexity index is 862. The molecule has 0 aliphatic carbocycles. The van der Waals surface area contributed by atoms with Gasteiger partial charge in [-0.2, -0.15) is 0 Å². The molecular weight excluding hydrogens is 364 g/mol. The normalized spacial score (nSPS) is 11.4. The lowest BCUT2D eigenvalue weighted by atomic mass is 9.95. The van der Waals surface area contributed by atoms with E-state index in [4.69, 9.17) is 4.74 Å². The fraction of sp³-hybridized carbons (Fsp3) is 0.300. The number of benzene rings is 1. The van der Waals surface area contributed by atoms with Crippen molar-refractivity contribution in [3.05, 3.63) is 52.9 Å². The summed E-state index contributed by atoms with van der Waals surface area (Å²) in [5.74, 6) is 0.839. The van der Waals surface area contributed by atoms with Crippen molar-refractivity contribution < 1.29 is 9.53 Å². The van der Waals surface area contributed by atoms with E-state index in [1.54, 1.807) is 34.6 Å². The Hall–Kier alpha value is -2.18. The predicted octanol–water partition coefficient (Wildman–Crippen LogP) is 5.46. The number of hydrogen-bond acceptors (Lipinski definition) is 5. The first kappa shape index (κ1) is 18.6. The summed E-state index contributed by atoms with van der Waals surface area (Å²) in [5.41, 5.74) is 1.36. The summed E-state index contributed by atoms with van der Waals surface area (Å²) < 4.78 is 5.83. The molecule has 0 bridgehead atoms. The molecular formula is C20H22N2O2S2. The van der Waals surface area contributed by atoms with Crippen molar-refractivity contribution in [1.29, 1.82) is 0 Å². The number of hydrogen-bond donors (Lipinski definition) is 0. The fourth-order valence-electron chi connectivity index (χ4n) is 2.43. The lowest BCUT2D eigenvalue weighted by molar-refractivity contribution is -0.125. The zero-order valence-corrected chi connectivity index (χ0v) is 17.0. The van der Waals surface area contributed by atoms with E-state index in [2.05, 4.69) is 16.4 Å². The molecule has 3 aromatic rings. The van der Waals surface area contributed by atoms with E-state index in [1.165, 1.54) is 4.88 Å². The summed E-state index contributed by atoms with van der Waals surface area (Å²) in [5, 5.41) is 5.10. The number of carbonyl (C=O) groups excluding carboxylic acids is 1. The first-order valence-corrected chi connectivity index (χ1v) is 10.1. The van der Waals surface area contributed by atoms with E-state index >= 15 is 0 Å². The van der Waals surface area contributed by atoms with E-state index in [1.807, 2.05) is 56.5 Å². The standard InChI is InChI=1S/C20H22N2O2S2/c1-20(2,3)19(23)22(4)15-7-9-16(10-8-15)24-12-14-13-26-18(21-14)17-6-5-11-25-17/h5-11,13H,12H2,1-4H3. The minimum Gasteiger partial charge on any atom is -0.487 e. The Kier molecular flexibility index (Phi) is 5.44. The maximum atomic E-state index is 12.3. The molecule has 1 amide bonds. The molecule has 0 saturated carbocycles. The molecule has 2 aromatic heterocycles. The third-order valence-electron chi connectivity index (χ3n) is 3.84. The van der Waals surface area contributed by atoms with Gasteiger partial charge in [0, 0.05) is 23.5 Å². The highest BCUT2D eigenvalue weighted by Crippen LogP contribution is 2.28. The fourth-order valence-corrected chi connectivity index (χ4v) is 4.05. The van der Waals surface area contributed by atoms with Gasteiger partial charge in [0.15, 0.2) is 0 Å². The predicted molar refractivity (Wildman–Crippen MR) is 109 cm³/mol. The van der Waals surface area contributed by atoms with Crippen molar-refractivity contribution in [2.45, 2.75) is 27.4 Å². The Morgan fingerprint density at radius 1 is 1.15 bits per heavy atom. The monoisotopic (exact) mass is 386 g/mol. The summed E-state index contributed by atoms with van der Waals surface area (Å²) in [6.45, 7) is 6.18. The number of carbonyl (C=O) groups is 1. The molecule has 0 N–H and O–H groups in total. The third kappa shape index (κ3) is 4.31. The van der Waals surface area contributed by atoms with Crippen LogP contribution in [0.1, 0.15) is 26.5 Å². The zero-order valence-electron chi connectivity index (χ0n) is 15.4. The third-order valence-corrected chi connectivity index (χ3v) is 5.77. The molecule has 2 heterocycles.